The number of benzene rings is 3. The van der Waals surface area contributed by atoms with Crippen LogP contribution in [0.5, 0.6) is 23.0 Å². The number of ether oxygens (including phenoxy) is 7. The number of allylic oxidation sites excluding steroid dienone is 1. The van der Waals surface area contributed by atoms with Gasteiger partial charge in [-0.15, -0.1) is 6.58 Å². The highest BCUT2D eigenvalue weighted by Crippen LogP contribution is 2.62. The molecule has 1 saturated carbocycles. The second kappa shape index (κ2) is 22.3. The molecule has 0 radical (unpaired) electrons. The van der Waals surface area contributed by atoms with Crippen LogP contribution in [0.2, 0.25) is 0 Å². The maximum atomic E-state index is 14.9. The van der Waals surface area contributed by atoms with Crippen molar-refractivity contribution in [2.45, 2.75) is 82.8 Å². The third kappa shape index (κ3) is 10.6. The van der Waals surface area contributed by atoms with Crippen molar-refractivity contribution in [2.75, 3.05) is 53.0 Å². The summed E-state index contributed by atoms with van der Waals surface area (Å²) in [6, 6.07) is 20.5. The van der Waals surface area contributed by atoms with E-state index >= 15 is 0 Å². The van der Waals surface area contributed by atoms with Gasteiger partial charge >= 0.3 is 6.09 Å². The van der Waals surface area contributed by atoms with E-state index in [0.717, 1.165) is 47.9 Å². The van der Waals surface area contributed by atoms with Gasteiger partial charge in [0.15, 0.2) is 11.5 Å². The molecule has 0 aromatic heterocycles. The van der Waals surface area contributed by atoms with Gasteiger partial charge in [-0.2, -0.15) is 0 Å². The van der Waals surface area contributed by atoms with Crippen LogP contribution in [0.3, 0.4) is 0 Å². The molecule has 2 heterocycles. The fourth-order valence-electron chi connectivity index (χ4n) is 9.61. The van der Waals surface area contributed by atoms with Crippen LogP contribution < -0.4 is 18.9 Å². The van der Waals surface area contributed by atoms with E-state index in [0.29, 0.717) is 61.4 Å². The van der Waals surface area contributed by atoms with Crippen molar-refractivity contribution in [3.63, 3.8) is 0 Å². The number of rotatable bonds is 24. The SMILES string of the molecule is C=CCOc1ccc2c(c1)C1C(CCCCO)C(CCCCO)C=C3C(=NOCC)CC(N(Cc4ccc5c(c4)OCO5)C(=O)OCCOCc4ccccc4)C(OCC=C)(O2)C31. The molecular weight excluding hydrogens is 805 g/mol. The first-order valence-corrected chi connectivity index (χ1v) is 22.3. The molecule has 2 aliphatic carbocycles. The number of unbranched alkanes of at least 4 members (excludes halogenated alkanes) is 2. The van der Waals surface area contributed by atoms with Gasteiger partial charge in [-0.1, -0.05) is 79.2 Å². The molecule has 13 heteroatoms. The molecule has 2 N–H and O–H groups in total. The summed E-state index contributed by atoms with van der Waals surface area (Å²) in [6.45, 7) is 11.6. The van der Waals surface area contributed by atoms with Crippen LogP contribution in [0.1, 0.15) is 74.5 Å². The highest BCUT2D eigenvalue weighted by atomic mass is 16.7. The van der Waals surface area contributed by atoms with E-state index in [2.05, 4.69) is 25.3 Å². The van der Waals surface area contributed by atoms with Gasteiger partial charge in [0.1, 0.15) is 37.4 Å². The number of fused-ring (bicyclic) bond motifs is 3. The zero-order valence-corrected chi connectivity index (χ0v) is 36.4. The summed E-state index contributed by atoms with van der Waals surface area (Å²) >= 11 is 0. The minimum absolute atomic E-state index is 0.00721. The second-order valence-corrected chi connectivity index (χ2v) is 16.3. The van der Waals surface area contributed by atoms with E-state index in [1.54, 1.807) is 17.1 Å². The van der Waals surface area contributed by atoms with Gasteiger partial charge in [-0.05, 0) is 91.5 Å². The lowest BCUT2D eigenvalue weighted by Crippen LogP contribution is -2.70. The highest BCUT2D eigenvalue weighted by Gasteiger charge is 2.65. The van der Waals surface area contributed by atoms with Crippen LogP contribution in [0.15, 0.2) is 109 Å². The Morgan fingerprint density at radius 1 is 0.905 bits per heavy atom. The van der Waals surface area contributed by atoms with Gasteiger partial charge in [-0.3, -0.25) is 4.90 Å². The van der Waals surface area contributed by atoms with Crippen molar-refractivity contribution in [1.29, 1.82) is 0 Å². The van der Waals surface area contributed by atoms with Crippen LogP contribution in [0.25, 0.3) is 0 Å². The van der Waals surface area contributed by atoms with Gasteiger partial charge in [0.25, 0.3) is 0 Å². The third-order valence-corrected chi connectivity index (χ3v) is 12.3. The monoisotopic (exact) mass is 866 g/mol. The van der Waals surface area contributed by atoms with Crippen molar-refractivity contribution >= 4 is 11.8 Å². The van der Waals surface area contributed by atoms with Crippen molar-refractivity contribution < 1.29 is 53.0 Å². The van der Waals surface area contributed by atoms with Crippen molar-refractivity contribution in [3.8, 4) is 23.0 Å². The molecule has 0 spiro atoms. The summed E-state index contributed by atoms with van der Waals surface area (Å²) in [5.41, 5.74) is 4.39. The maximum Gasteiger partial charge on any atom is 0.410 e. The van der Waals surface area contributed by atoms with Crippen LogP contribution in [-0.2, 0) is 32.2 Å². The molecule has 63 heavy (non-hydrogen) atoms. The molecule has 338 valence electrons. The minimum Gasteiger partial charge on any atom is -0.490 e. The lowest BCUT2D eigenvalue weighted by atomic mass is 9.55. The van der Waals surface area contributed by atoms with Crippen LogP contribution in [-0.4, -0.2) is 91.8 Å². The molecular formula is C50H62N2O11. The molecule has 7 rings (SSSR count). The number of aliphatic hydroxyl groups excluding tert-OH is 2. The topological polar surface area (TPSA) is 147 Å². The Kier molecular flexibility index (Phi) is 16.2. The number of hydrogen-bond donors (Lipinski definition) is 2. The summed E-state index contributed by atoms with van der Waals surface area (Å²) < 4.78 is 44.0. The maximum absolute atomic E-state index is 14.9. The Balaban J connectivity index is 1.36. The van der Waals surface area contributed by atoms with E-state index in [1.807, 2.05) is 67.6 Å². The van der Waals surface area contributed by atoms with Crippen LogP contribution >= 0.6 is 0 Å². The Labute approximate surface area is 370 Å². The Morgan fingerprint density at radius 3 is 2.46 bits per heavy atom. The van der Waals surface area contributed by atoms with Gasteiger partial charge in [0.05, 0.1) is 31.5 Å². The lowest BCUT2D eigenvalue weighted by Gasteiger charge is -2.59. The number of hydrogen-bond acceptors (Lipinski definition) is 12. The van der Waals surface area contributed by atoms with Crippen LogP contribution in [0, 0.1) is 17.8 Å². The third-order valence-electron chi connectivity index (χ3n) is 12.3. The Morgan fingerprint density at radius 2 is 1.68 bits per heavy atom. The molecule has 2 aliphatic heterocycles. The second-order valence-electron chi connectivity index (χ2n) is 16.3. The van der Waals surface area contributed by atoms with Gasteiger partial charge in [0.2, 0.25) is 12.6 Å². The average molecular weight is 867 g/mol. The average Bonchev–Trinajstić information content (AvgIpc) is 3.78. The normalized spacial score (nSPS) is 23.4. The van der Waals surface area contributed by atoms with E-state index in [9.17, 15) is 15.0 Å². The van der Waals surface area contributed by atoms with E-state index < -0.39 is 23.8 Å². The fourth-order valence-corrected chi connectivity index (χ4v) is 9.61. The molecule has 3 aromatic rings. The molecule has 1 fully saturated rings. The number of amides is 1. The molecule has 0 bridgehead atoms. The number of carbonyl (C=O) groups excluding carboxylic acids is 1. The number of nitrogens with zero attached hydrogens (tertiary/aromatic N) is 2. The highest BCUT2D eigenvalue weighted by molar-refractivity contribution is 6.03. The Hall–Kier alpha value is -5.34. The molecule has 1 amide bonds. The largest absolute Gasteiger partial charge is 0.490 e. The van der Waals surface area contributed by atoms with Crippen LogP contribution in [0.4, 0.5) is 4.79 Å². The first-order valence-electron chi connectivity index (χ1n) is 22.3. The van der Waals surface area contributed by atoms with Gasteiger partial charge < -0.3 is 48.2 Å². The summed E-state index contributed by atoms with van der Waals surface area (Å²) in [7, 11) is 0. The zero-order valence-electron chi connectivity index (χ0n) is 36.4. The molecule has 13 nitrogen and oxygen atoms in total. The quantitative estimate of drug-likeness (QED) is 0.0508. The number of oxime groups is 1. The van der Waals surface area contributed by atoms with Crippen molar-refractivity contribution in [1.82, 2.24) is 4.90 Å². The summed E-state index contributed by atoms with van der Waals surface area (Å²) in [6.07, 6.45) is 9.96. The van der Waals surface area contributed by atoms with E-state index in [4.69, 9.17) is 43.2 Å². The van der Waals surface area contributed by atoms with E-state index in [-0.39, 0.29) is 70.5 Å². The zero-order chi connectivity index (χ0) is 44.0. The molecule has 0 saturated heterocycles. The standard InChI is InChI=1S/C50H62N2O11/c1-4-24-57-38-19-21-43-41(30-38)47-39(17-11-13-23-54)37(16-10-12-22-53)29-40-42(51-62-6-3)31-46(50(63-43,48(40)47)61-25-5-2)52(32-36-18-20-44-45(28-36)60-34-59-44)49(55)58-27-26-56-33-35-14-8-7-9-15-35/h4-5,7-9,14-15,18-21,28-30,37,39,46-48,53-54H,1-2,6,10-13,16-17,22-27,31-34H2,3H3. The lowest BCUT2D eigenvalue weighted by molar-refractivity contribution is -0.256. The molecule has 3 aromatic carbocycles. The molecule has 6 unspecified atom stereocenters. The first-order chi connectivity index (χ1) is 30.9. The van der Waals surface area contributed by atoms with Gasteiger partial charge in [0, 0.05) is 37.7 Å². The summed E-state index contributed by atoms with van der Waals surface area (Å²) in [4.78, 5) is 22.5. The fraction of sp³-hybridized carbons (Fsp3) is 0.480. The summed E-state index contributed by atoms with van der Waals surface area (Å²) in [5.74, 6) is 0.464. The predicted octanol–water partition coefficient (Wildman–Crippen LogP) is 8.49. The first kappa shape index (κ1) is 45.7. The predicted molar refractivity (Wildman–Crippen MR) is 238 cm³/mol. The number of aliphatic hydroxyl groups is 2. The minimum atomic E-state index is -1.48. The smallest absolute Gasteiger partial charge is 0.410 e. The van der Waals surface area contributed by atoms with E-state index in [1.165, 1.54) is 0 Å². The Bertz CT molecular complexity index is 2060. The van der Waals surface area contributed by atoms with Gasteiger partial charge in [-0.25, -0.2) is 4.79 Å². The molecule has 4 aliphatic rings. The summed E-state index contributed by atoms with van der Waals surface area (Å²) in [5, 5.41) is 24.6. The van der Waals surface area contributed by atoms with Crippen molar-refractivity contribution in [2.24, 2.45) is 22.9 Å². The van der Waals surface area contributed by atoms with Crippen molar-refractivity contribution in [3.05, 3.63) is 120 Å². The molecule has 6 atom stereocenters. The number of carbonyl (C=O) groups is 1.